The van der Waals surface area contributed by atoms with Crippen LogP contribution in [0.25, 0.3) is 5.65 Å². The zero-order valence-corrected chi connectivity index (χ0v) is 11.9. The van der Waals surface area contributed by atoms with Crippen LogP contribution in [0.3, 0.4) is 0 Å². The van der Waals surface area contributed by atoms with Crippen LogP contribution in [0, 0.1) is 6.92 Å². The maximum absolute atomic E-state index is 4.41. The maximum Gasteiger partial charge on any atom is 0.176 e. The van der Waals surface area contributed by atoms with E-state index >= 15 is 0 Å². The molecule has 86 valence electrons. The second kappa shape index (κ2) is 4.35. The summed E-state index contributed by atoms with van der Waals surface area (Å²) in [5, 5.41) is 0.820. The van der Waals surface area contributed by atoms with Crippen LogP contribution in [0.4, 0.5) is 0 Å². The molecule has 0 aromatic carbocycles. The van der Waals surface area contributed by atoms with Crippen molar-refractivity contribution in [1.29, 1.82) is 0 Å². The van der Waals surface area contributed by atoms with E-state index in [1.165, 1.54) is 23.3 Å². The summed E-state index contributed by atoms with van der Waals surface area (Å²) in [4.78, 5) is 13.0. The fraction of sp³-hybridized carbons (Fsp3) is 0.111. The Hall–Kier alpha value is -0.990. The highest BCUT2D eigenvalue weighted by Gasteiger charge is 2.10. The molecule has 0 unspecified atom stereocenters. The minimum atomic E-state index is 0.770. The van der Waals surface area contributed by atoms with Gasteiger partial charge in [-0.1, -0.05) is 0 Å². The van der Waals surface area contributed by atoms with Gasteiger partial charge in [-0.3, -0.25) is 0 Å². The zero-order chi connectivity index (χ0) is 11.8. The SMILES string of the molecule is Cc1nsc(Sc2nc(Br)cn3ccnc23)n1. The summed E-state index contributed by atoms with van der Waals surface area (Å²) in [6, 6.07) is 0. The van der Waals surface area contributed by atoms with Crippen molar-refractivity contribution < 1.29 is 0 Å². The molecule has 0 saturated heterocycles. The first kappa shape index (κ1) is 11.1. The Balaban J connectivity index is 2.07. The molecule has 0 spiro atoms. The monoisotopic (exact) mass is 327 g/mol. The Kier molecular flexibility index (Phi) is 2.85. The summed E-state index contributed by atoms with van der Waals surface area (Å²) in [6.45, 7) is 1.88. The minimum Gasteiger partial charge on any atom is -0.302 e. The summed E-state index contributed by atoms with van der Waals surface area (Å²) in [5.74, 6) is 0.784. The largest absolute Gasteiger partial charge is 0.302 e. The number of aryl methyl sites for hydroxylation is 1. The molecule has 0 aliphatic heterocycles. The lowest BCUT2D eigenvalue weighted by atomic mass is 10.7. The molecule has 0 amide bonds. The molecule has 0 fully saturated rings. The molecule has 17 heavy (non-hydrogen) atoms. The normalized spacial score (nSPS) is 11.2. The average molecular weight is 328 g/mol. The van der Waals surface area contributed by atoms with Crippen molar-refractivity contribution in [3.05, 3.63) is 29.0 Å². The van der Waals surface area contributed by atoms with Crippen LogP contribution < -0.4 is 0 Å². The smallest absolute Gasteiger partial charge is 0.176 e. The van der Waals surface area contributed by atoms with Crippen LogP contribution >= 0.6 is 39.2 Å². The van der Waals surface area contributed by atoms with E-state index in [9.17, 15) is 0 Å². The van der Waals surface area contributed by atoms with Crippen LogP contribution in [0.2, 0.25) is 0 Å². The maximum atomic E-state index is 4.41. The van der Waals surface area contributed by atoms with E-state index in [1.54, 1.807) is 6.20 Å². The quantitative estimate of drug-likeness (QED) is 0.724. The second-order valence-corrected chi connectivity index (χ2v) is 6.04. The van der Waals surface area contributed by atoms with Gasteiger partial charge < -0.3 is 4.40 Å². The summed E-state index contributed by atoms with van der Waals surface area (Å²) >= 11 is 6.23. The average Bonchev–Trinajstić information content (AvgIpc) is 2.87. The summed E-state index contributed by atoms with van der Waals surface area (Å²) < 4.78 is 7.71. The first-order valence-corrected chi connectivity index (χ1v) is 7.08. The van der Waals surface area contributed by atoms with Gasteiger partial charge in [0.15, 0.2) is 9.99 Å². The number of hydrogen-bond acceptors (Lipinski definition) is 6. The van der Waals surface area contributed by atoms with E-state index in [0.717, 1.165) is 25.4 Å². The molecular weight excluding hydrogens is 322 g/mol. The van der Waals surface area contributed by atoms with E-state index in [-0.39, 0.29) is 0 Å². The van der Waals surface area contributed by atoms with Gasteiger partial charge in [0.25, 0.3) is 0 Å². The van der Waals surface area contributed by atoms with E-state index in [2.05, 4.69) is 35.3 Å². The predicted octanol–water partition coefficient (Wildman–Crippen LogP) is 2.80. The third-order valence-corrected chi connectivity index (χ3v) is 4.20. The van der Waals surface area contributed by atoms with Gasteiger partial charge in [0.05, 0.1) is 0 Å². The van der Waals surface area contributed by atoms with Crippen LogP contribution in [-0.4, -0.2) is 23.7 Å². The highest BCUT2D eigenvalue weighted by atomic mass is 79.9. The highest BCUT2D eigenvalue weighted by Crippen LogP contribution is 2.30. The Bertz CT molecular complexity index is 677. The van der Waals surface area contributed by atoms with Crippen molar-refractivity contribution in [3.8, 4) is 0 Å². The number of imidazole rings is 1. The second-order valence-electron chi connectivity index (χ2n) is 3.24. The van der Waals surface area contributed by atoms with E-state index in [4.69, 9.17) is 0 Å². The van der Waals surface area contributed by atoms with Crippen molar-refractivity contribution in [3.63, 3.8) is 0 Å². The fourth-order valence-corrected chi connectivity index (χ4v) is 3.52. The molecular formula is C9H6BrN5S2. The molecule has 0 radical (unpaired) electrons. The van der Waals surface area contributed by atoms with Crippen molar-refractivity contribution in [2.24, 2.45) is 0 Å². The fourth-order valence-electron chi connectivity index (χ4n) is 1.34. The third-order valence-electron chi connectivity index (χ3n) is 2.01. The van der Waals surface area contributed by atoms with E-state index in [0.29, 0.717) is 0 Å². The van der Waals surface area contributed by atoms with Crippen molar-refractivity contribution in [2.75, 3.05) is 0 Å². The third kappa shape index (κ3) is 2.20. The standard InChI is InChI=1S/C9H6BrN5S2/c1-5-12-9(17-14-5)16-8-7-11-2-3-15(7)4-6(10)13-8/h2-4H,1H3. The first-order chi connectivity index (χ1) is 8.22. The zero-order valence-electron chi connectivity index (χ0n) is 8.66. The summed E-state index contributed by atoms with van der Waals surface area (Å²) in [5.41, 5.74) is 0.825. The molecule has 3 aromatic heterocycles. The number of rotatable bonds is 2. The molecule has 0 saturated carbocycles. The van der Waals surface area contributed by atoms with E-state index < -0.39 is 0 Å². The number of halogens is 1. The topological polar surface area (TPSA) is 56.0 Å². The summed E-state index contributed by atoms with van der Waals surface area (Å²) in [6.07, 6.45) is 5.51. The first-order valence-electron chi connectivity index (χ1n) is 4.70. The number of hydrogen-bond donors (Lipinski definition) is 0. The van der Waals surface area contributed by atoms with Gasteiger partial charge in [-0.2, -0.15) is 4.37 Å². The Morgan fingerprint density at radius 3 is 3.06 bits per heavy atom. The Morgan fingerprint density at radius 1 is 1.41 bits per heavy atom. The number of aromatic nitrogens is 5. The lowest BCUT2D eigenvalue weighted by Gasteiger charge is -2.00. The molecule has 3 heterocycles. The molecule has 0 aliphatic rings. The van der Waals surface area contributed by atoms with Gasteiger partial charge in [0.1, 0.15) is 15.5 Å². The molecule has 0 bridgehead atoms. The lowest BCUT2D eigenvalue weighted by Crippen LogP contribution is -1.91. The Morgan fingerprint density at radius 2 is 2.29 bits per heavy atom. The van der Waals surface area contributed by atoms with Crippen LogP contribution in [0.1, 0.15) is 5.82 Å². The molecule has 0 aliphatic carbocycles. The van der Waals surface area contributed by atoms with Gasteiger partial charge in [0, 0.05) is 18.6 Å². The molecule has 3 rings (SSSR count). The lowest BCUT2D eigenvalue weighted by molar-refractivity contribution is 1.00. The van der Waals surface area contributed by atoms with Gasteiger partial charge in [0.2, 0.25) is 0 Å². The van der Waals surface area contributed by atoms with Gasteiger partial charge in [-0.05, 0) is 46.1 Å². The number of fused-ring (bicyclic) bond motifs is 1. The summed E-state index contributed by atoms with van der Waals surface area (Å²) in [7, 11) is 0. The molecule has 5 nitrogen and oxygen atoms in total. The molecule has 0 atom stereocenters. The highest BCUT2D eigenvalue weighted by molar-refractivity contribution is 9.10. The van der Waals surface area contributed by atoms with Gasteiger partial charge >= 0.3 is 0 Å². The van der Waals surface area contributed by atoms with E-state index in [1.807, 2.05) is 23.7 Å². The van der Waals surface area contributed by atoms with Gasteiger partial charge in [-0.15, -0.1) is 0 Å². The molecule has 8 heteroatoms. The predicted molar refractivity (Wildman–Crippen MR) is 69.5 cm³/mol. The van der Waals surface area contributed by atoms with Gasteiger partial charge in [-0.25, -0.2) is 15.0 Å². The van der Waals surface area contributed by atoms with Crippen molar-refractivity contribution >= 4 is 44.9 Å². The van der Waals surface area contributed by atoms with Crippen LogP contribution in [0.5, 0.6) is 0 Å². The molecule has 0 N–H and O–H groups in total. The Labute approximate surface area is 114 Å². The number of nitrogens with zero attached hydrogens (tertiary/aromatic N) is 5. The van der Waals surface area contributed by atoms with Crippen molar-refractivity contribution in [2.45, 2.75) is 16.3 Å². The van der Waals surface area contributed by atoms with Crippen molar-refractivity contribution in [1.82, 2.24) is 23.7 Å². The molecule has 3 aromatic rings. The minimum absolute atomic E-state index is 0.770. The van der Waals surface area contributed by atoms with Crippen LogP contribution in [-0.2, 0) is 0 Å². The van der Waals surface area contributed by atoms with Crippen LogP contribution in [0.15, 0.2) is 32.6 Å².